The molecule has 2 aromatic carbocycles. The number of rotatable bonds is 7. The van der Waals surface area contributed by atoms with Crippen molar-refractivity contribution in [2.24, 2.45) is 0 Å². The highest BCUT2D eigenvalue weighted by Gasteiger charge is 2.21. The Morgan fingerprint density at radius 1 is 1.07 bits per heavy atom. The van der Waals surface area contributed by atoms with E-state index in [1.54, 1.807) is 36.4 Å². The molecule has 148 valence electrons. The van der Waals surface area contributed by atoms with Gasteiger partial charge in [-0.25, -0.2) is 4.79 Å². The Balaban J connectivity index is 1.68. The van der Waals surface area contributed by atoms with Gasteiger partial charge in [0.1, 0.15) is 13.2 Å². The number of esters is 1. The smallest absolute Gasteiger partial charge is 0.338 e. The van der Waals surface area contributed by atoms with E-state index in [2.05, 4.69) is 5.32 Å². The lowest BCUT2D eigenvalue weighted by Gasteiger charge is -2.21. The molecule has 2 aromatic rings. The van der Waals surface area contributed by atoms with Crippen LogP contribution in [0.4, 0.5) is 5.69 Å². The molecule has 3 rings (SSSR count). The third-order valence-electron chi connectivity index (χ3n) is 4.20. The van der Waals surface area contributed by atoms with Crippen LogP contribution in [0, 0.1) is 0 Å². The van der Waals surface area contributed by atoms with E-state index in [-0.39, 0.29) is 11.9 Å². The first-order chi connectivity index (χ1) is 13.6. The summed E-state index contributed by atoms with van der Waals surface area (Å²) in [5.74, 6) is 0.709. The van der Waals surface area contributed by atoms with Crippen molar-refractivity contribution in [1.82, 2.24) is 0 Å². The molecule has 0 fully saturated rings. The molecule has 7 nitrogen and oxygen atoms in total. The van der Waals surface area contributed by atoms with Gasteiger partial charge in [-0.05, 0) is 42.8 Å². The Morgan fingerprint density at radius 2 is 1.82 bits per heavy atom. The largest absolute Gasteiger partial charge is 0.493 e. The van der Waals surface area contributed by atoms with E-state index in [4.69, 9.17) is 18.9 Å². The lowest BCUT2D eigenvalue weighted by molar-refractivity contribution is 0.0499. The highest BCUT2D eigenvalue weighted by molar-refractivity contribution is 6.05. The molecule has 0 unspecified atom stereocenters. The van der Waals surface area contributed by atoms with Gasteiger partial charge in [-0.3, -0.25) is 4.79 Å². The van der Waals surface area contributed by atoms with Gasteiger partial charge < -0.3 is 24.3 Å². The number of hydrogen-bond acceptors (Lipinski definition) is 6. The van der Waals surface area contributed by atoms with Gasteiger partial charge in [-0.15, -0.1) is 0 Å². The van der Waals surface area contributed by atoms with E-state index in [0.717, 1.165) is 12.8 Å². The summed E-state index contributed by atoms with van der Waals surface area (Å²) in [5.41, 5.74) is 1.38. The summed E-state index contributed by atoms with van der Waals surface area (Å²) >= 11 is 0. The van der Waals surface area contributed by atoms with Crippen molar-refractivity contribution in [2.75, 3.05) is 32.2 Å². The normalized spacial score (nSPS) is 12.2. The van der Waals surface area contributed by atoms with E-state index in [9.17, 15) is 9.59 Å². The molecule has 0 saturated heterocycles. The van der Waals surface area contributed by atoms with Crippen LogP contribution in [0.25, 0.3) is 0 Å². The number of amides is 1. The Morgan fingerprint density at radius 3 is 2.54 bits per heavy atom. The summed E-state index contributed by atoms with van der Waals surface area (Å²) in [5, 5.41) is 2.79. The molecule has 0 spiro atoms. The van der Waals surface area contributed by atoms with Crippen LogP contribution in [-0.4, -0.2) is 38.8 Å². The quantitative estimate of drug-likeness (QED) is 0.578. The second-order valence-corrected chi connectivity index (χ2v) is 6.22. The average molecular weight is 385 g/mol. The Labute approximate surface area is 163 Å². The fraction of sp³-hybridized carbons (Fsp3) is 0.333. The number of hydrogen-bond donors (Lipinski definition) is 1. The lowest BCUT2D eigenvalue weighted by Crippen LogP contribution is -2.18. The minimum absolute atomic E-state index is 0.325. The molecule has 28 heavy (non-hydrogen) atoms. The molecule has 0 aliphatic carbocycles. The number of fused-ring (bicyclic) bond motifs is 1. The minimum atomic E-state index is -0.372. The first-order valence-corrected chi connectivity index (χ1v) is 9.18. The standard InChI is InChI=1S/C21H23NO6/c1-3-4-9-28-21(24)14-5-7-16(8-6-14)22-20(23)15-12-17(25-2)19-18(13-15)26-10-11-27-19/h5-8,12-13H,3-4,9-11H2,1-2H3,(H,22,23). The van der Waals surface area contributed by atoms with Crippen molar-refractivity contribution in [1.29, 1.82) is 0 Å². The number of anilines is 1. The van der Waals surface area contributed by atoms with Gasteiger partial charge >= 0.3 is 5.97 Å². The van der Waals surface area contributed by atoms with Crippen LogP contribution in [0.15, 0.2) is 36.4 Å². The molecule has 0 bridgehead atoms. The van der Waals surface area contributed by atoms with E-state index in [1.807, 2.05) is 6.92 Å². The molecule has 0 atom stereocenters. The fourth-order valence-corrected chi connectivity index (χ4v) is 2.69. The topological polar surface area (TPSA) is 83.1 Å². The van der Waals surface area contributed by atoms with Crippen molar-refractivity contribution in [3.63, 3.8) is 0 Å². The van der Waals surface area contributed by atoms with Gasteiger partial charge in [-0.2, -0.15) is 0 Å². The molecule has 0 radical (unpaired) electrons. The van der Waals surface area contributed by atoms with Crippen LogP contribution in [0.5, 0.6) is 17.2 Å². The first-order valence-electron chi connectivity index (χ1n) is 9.18. The molecule has 1 aliphatic rings. The zero-order valence-corrected chi connectivity index (χ0v) is 15.9. The van der Waals surface area contributed by atoms with Crippen LogP contribution in [0.2, 0.25) is 0 Å². The molecular weight excluding hydrogens is 362 g/mol. The predicted octanol–water partition coefficient (Wildman–Crippen LogP) is 3.68. The van der Waals surface area contributed by atoms with Gasteiger partial charge in [0, 0.05) is 11.3 Å². The predicted molar refractivity (Wildman–Crippen MR) is 104 cm³/mol. The Hall–Kier alpha value is -3.22. The molecule has 0 aromatic heterocycles. The summed E-state index contributed by atoms with van der Waals surface area (Å²) < 4.78 is 21.6. The Bertz CT molecular complexity index is 829. The number of nitrogens with one attached hydrogen (secondary N) is 1. The maximum absolute atomic E-state index is 12.6. The highest BCUT2D eigenvalue weighted by Crippen LogP contribution is 2.40. The van der Waals surface area contributed by atoms with Gasteiger partial charge in [-0.1, -0.05) is 13.3 Å². The van der Waals surface area contributed by atoms with Gasteiger partial charge in [0.15, 0.2) is 11.5 Å². The maximum Gasteiger partial charge on any atom is 0.338 e. The third kappa shape index (κ3) is 4.54. The molecule has 0 saturated carbocycles. The third-order valence-corrected chi connectivity index (χ3v) is 4.20. The van der Waals surface area contributed by atoms with Gasteiger partial charge in [0.2, 0.25) is 5.75 Å². The maximum atomic E-state index is 12.6. The second-order valence-electron chi connectivity index (χ2n) is 6.22. The van der Waals surface area contributed by atoms with E-state index in [1.165, 1.54) is 7.11 Å². The minimum Gasteiger partial charge on any atom is -0.493 e. The van der Waals surface area contributed by atoms with Crippen LogP contribution in [-0.2, 0) is 4.74 Å². The average Bonchev–Trinajstić information content (AvgIpc) is 2.73. The van der Waals surface area contributed by atoms with Gasteiger partial charge in [0.05, 0.1) is 19.3 Å². The summed E-state index contributed by atoms with van der Waals surface area (Å²) in [7, 11) is 1.51. The van der Waals surface area contributed by atoms with E-state index in [0.29, 0.717) is 53.9 Å². The summed E-state index contributed by atoms with van der Waals surface area (Å²) in [4.78, 5) is 24.5. The van der Waals surface area contributed by atoms with Crippen LogP contribution in [0.1, 0.15) is 40.5 Å². The van der Waals surface area contributed by atoms with E-state index < -0.39 is 0 Å². The van der Waals surface area contributed by atoms with Crippen LogP contribution >= 0.6 is 0 Å². The number of ether oxygens (including phenoxy) is 4. The molecule has 1 heterocycles. The summed E-state index contributed by atoms with van der Waals surface area (Å²) in [6, 6.07) is 9.77. The monoisotopic (exact) mass is 385 g/mol. The number of carbonyl (C=O) groups excluding carboxylic acids is 2. The molecule has 1 amide bonds. The number of benzene rings is 2. The van der Waals surface area contributed by atoms with Crippen molar-refractivity contribution >= 4 is 17.6 Å². The van der Waals surface area contributed by atoms with Crippen molar-refractivity contribution < 1.29 is 28.5 Å². The molecular formula is C21H23NO6. The number of unbranched alkanes of at least 4 members (excludes halogenated alkanes) is 1. The number of carbonyl (C=O) groups is 2. The van der Waals surface area contributed by atoms with Crippen molar-refractivity contribution in [2.45, 2.75) is 19.8 Å². The van der Waals surface area contributed by atoms with E-state index >= 15 is 0 Å². The summed E-state index contributed by atoms with van der Waals surface area (Å²) in [6.45, 7) is 3.28. The van der Waals surface area contributed by atoms with Gasteiger partial charge in [0.25, 0.3) is 5.91 Å². The molecule has 1 aliphatic heterocycles. The Kier molecular flexibility index (Phi) is 6.37. The van der Waals surface area contributed by atoms with Crippen molar-refractivity contribution in [3.8, 4) is 17.2 Å². The lowest BCUT2D eigenvalue weighted by atomic mass is 10.1. The zero-order chi connectivity index (χ0) is 19.9. The first kappa shape index (κ1) is 19.5. The van der Waals surface area contributed by atoms with Crippen molar-refractivity contribution in [3.05, 3.63) is 47.5 Å². The fourth-order valence-electron chi connectivity index (χ4n) is 2.69. The van der Waals surface area contributed by atoms with Crippen LogP contribution < -0.4 is 19.5 Å². The summed E-state index contributed by atoms with van der Waals surface area (Å²) in [6.07, 6.45) is 1.79. The zero-order valence-electron chi connectivity index (χ0n) is 15.9. The second kappa shape index (κ2) is 9.12. The number of methoxy groups -OCH3 is 1. The molecule has 1 N–H and O–H groups in total. The van der Waals surface area contributed by atoms with Crippen LogP contribution in [0.3, 0.4) is 0 Å². The molecule has 7 heteroatoms. The highest BCUT2D eigenvalue weighted by atomic mass is 16.6. The SMILES string of the molecule is CCCCOC(=O)c1ccc(NC(=O)c2cc(OC)c3c(c2)OCCO3)cc1.